The number of para-hydroxylation sites is 1. The summed E-state index contributed by atoms with van der Waals surface area (Å²) in [6.45, 7) is 1.72. The van der Waals surface area contributed by atoms with Crippen LogP contribution in [0.5, 0.6) is 0 Å². The third-order valence-electron chi connectivity index (χ3n) is 5.98. The summed E-state index contributed by atoms with van der Waals surface area (Å²) in [4.78, 5) is 0. The molecule has 1 heterocycles. The standard InChI is InChI=1S/C25H18ClF7N2O/c1-14-6-11-17(19(27)12-14)15-7-9-16(10-8-15)21-13-22(23(36,24(28,29)30)25(31,32)33)34-35(21)20-5-3-2-4-18(20)26/h2-12,21,36H,13H2,1H3. The summed E-state index contributed by atoms with van der Waals surface area (Å²) in [6.07, 6.45) is -13.0. The molecule has 1 aliphatic rings. The first-order chi connectivity index (χ1) is 16.7. The van der Waals surface area contributed by atoms with E-state index in [1.54, 1.807) is 19.1 Å². The quantitative estimate of drug-likeness (QED) is 0.352. The van der Waals surface area contributed by atoms with Crippen LogP contribution in [0.3, 0.4) is 0 Å². The third kappa shape index (κ3) is 4.43. The highest BCUT2D eigenvalue weighted by Crippen LogP contribution is 2.49. The summed E-state index contributed by atoms with van der Waals surface area (Å²) in [5, 5.41) is 14.5. The van der Waals surface area contributed by atoms with Crippen molar-refractivity contribution in [3.8, 4) is 11.1 Å². The highest BCUT2D eigenvalue weighted by molar-refractivity contribution is 6.33. The normalized spacial score (nSPS) is 16.9. The van der Waals surface area contributed by atoms with Crippen LogP contribution < -0.4 is 5.01 Å². The lowest BCUT2D eigenvalue weighted by Crippen LogP contribution is -2.62. The van der Waals surface area contributed by atoms with Crippen LogP contribution in [0.4, 0.5) is 36.4 Å². The SMILES string of the molecule is Cc1ccc(-c2ccc(C3CC(C(O)(C(F)(F)F)C(F)(F)F)=NN3c3ccccc3Cl)cc2)c(F)c1. The average Bonchev–Trinajstić information content (AvgIpc) is 3.23. The molecule has 1 N–H and O–H groups in total. The molecule has 0 aromatic heterocycles. The molecule has 0 spiro atoms. The molecule has 0 aliphatic carbocycles. The number of alkyl halides is 6. The number of hydrogen-bond acceptors (Lipinski definition) is 3. The molecule has 1 aliphatic heterocycles. The van der Waals surface area contributed by atoms with Crippen LogP contribution in [0.15, 0.2) is 71.8 Å². The van der Waals surface area contributed by atoms with Crippen LogP contribution in [0.25, 0.3) is 11.1 Å². The fourth-order valence-electron chi connectivity index (χ4n) is 4.08. The molecular weight excluding hydrogens is 513 g/mol. The van der Waals surface area contributed by atoms with Gasteiger partial charge in [-0.3, -0.25) is 5.01 Å². The minimum Gasteiger partial charge on any atom is -0.369 e. The molecular formula is C25H18ClF7N2O. The molecule has 3 nitrogen and oxygen atoms in total. The van der Waals surface area contributed by atoms with Crippen molar-refractivity contribution in [2.24, 2.45) is 5.10 Å². The molecule has 0 saturated heterocycles. The second-order valence-corrected chi connectivity index (χ2v) is 8.78. The van der Waals surface area contributed by atoms with Crippen LogP contribution in [0.2, 0.25) is 5.02 Å². The first-order valence-electron chi connectivity index (χ1n) is 10.6. The highest BCUT2D eigenvalue weighted by Gasteiger charge is 2.74. The zero-order chi connectivity index (χ0) is 26.5. The van der Waals surface area contributed by atoms with Crippen molar-refractivity contribution >= 4 is 23.0 Å². The molecule has 0 bridgehead atoms. The van der Waals surface area contributed by atoms with E-state index < -0.39 is 41.9 Å². The topological polar surface area (TPSA) is 35.8 Å². The maximum Gasteiger partial charge on any atom is 0.431 e. The van der Waals surface area contributed by atoms with Gasteiger partial charge in [0, 0.05) is 12.0 Å². The zero-order valence-electron chi connectivity index (χ0n) is 18.5. The van der Waals surface area contributed by atoms with E-state index in [4.69, 9.17) is 11.6 Å². The molecule has 0 saturated carbocycles. The van der Waals surface area contributed by atoms with Gasteiger partial charge in [-0.05, 0) is 41.8 Å². The van der Waals surface area contributed by atoms with Crippen molar-refractivity contribution in [1.29, 1.82) is 0 Å². The molecule has 4 rings (SSSR count). The molecule has 1 atom stereocenters. The van der Waals surface area contributed by atoms with E-state index in [1.165, 1.54) is 54.6 Å². The maximum absolute atomic E-state index is 14.4. The van der Waals surface area contributed by atoms with Gasteiger partial charge in [0.15, 0.2) is 0 Å². The van der Waals surface area contributed by atoms with E-state index in [-0.39, 0.29) is 21.8 Å². The van der Waals surface area contributed by atoms with Crippen molar-refractivity contribution < 1.29 is 35.8 Å². The average molecular weight is 531 g/mol. The maximum atomic E-state index is 14.4. The Morgan fingerprint density at radius 1 is 0.917 bits per heavy atom. The zero-order valence-corrected chi connectivity index (χ0v) is 19.3. The minimum absolute atomic E-state index is 0.0356. The number of rotatable bonds is 4. The van der Waals surface area contributed by atoms with Gasteiger partial charge in [0.05, 0.1) is 22.5 Å². The molecule has 190 valence electrons. The van der Waals surface area contributed by atoms with Crippen molar-refractivity contribution in [2.45, 2.75) is 37.3 Å². The number of hydrogen-bond donors (Lipinski definition) is 1. The molecule has 0 radical (unpaired) electrons. The monoisotopic (exact) mass is 530 g/mol. The van der Waals surface area contributed by atoms with Crippen molar-refractivity contribution in [3.05, 3.63) is 88.7 Å². The fraction of sp³-hybridized carbons (Fsp3) is 0.240. The van der Waals surface area contributed by atoms with Gasteiger partial charge >= 0.3 is 12.4 Å². The Kier molecular flexibility index (Phi) is 6.55. The Bertz CT molecular complexity index is 1290. The van der Waals surface area contributed by atoms with E-state index in [2.05, 4.69) is 5.10 Å². The van der Waals surface area contributed by atoms with Gasteiger partial charge in [-0.2, -0.15) is 31.4 Å². The Morgan fingerprint density at radius 2 is 1.53 bits per heavy atom. The van der Waals surface area contributed by atoms with Gasteiger partial charge in [0.25, 0.3) is 5.60 Å². The molecule has 3 aromatic carbocycles. The highest BCUT2D eigenvalue weighted by atomic mass is 35.5. The summed E-state index contributed by atoms with van der Waals surface area (Å²) >= 11 is 6.17. The number of nitrogens with zero attached hydrogens (tertiary/aromatic N) is 2. The van der Waals surface area contributed by atoms with E-state index >= 15 is 0 Å². The van der Waals surface area contributed by atoms with Crippen molar-refractivity contribution in [2.75, 3.05) is 5.01 Å². The summed E-state index contributed by atoms with van der Waals surface area (Å²) in [5.74, 6) is -0.479. The van der Waals surface area contributed by atoms with Crippen molar-refractivity contribution in [1.82, 2.24) is 0 Å². The number of hydrazone groups is 1. The second kappa shape index (κ2) is 9.08. The van der Waals surface area contributed by atoms with Gasteiger partial charge in [0.1, 0.15) is 5.82 Å². The molecule has 0 amide bonds. The fourth-order valence-corrected chi connectivity index (χ4v) is 4.30. The summed E-state index contributed by atoms with van der Waals surface area (Å²) in [5.41, 5.74) is -4.87. The van der Waals surface area contributed by atoms with Gasteiger partial charge < -0.3 is 5.11 Å². The summed E-state index contributed by atoms with van der Waals surface area (Å²) in [6, 6.07) is 15.2. The number of benzene rings is 3. The van der Waals surface area contributed by atoms with E-state index in [1.807, 2.05) is 0 Å². The summed E-state index contributed by atoms with van der Waals surface area (Å²) < 4.78 is 95.8. The first-order valence-corrected chi connectivity index (χ1v) is 11.0. The molecule has 1 unspecified atom stereocenters. The number of anilines is 1. The second-order valence-electron chi connectivity index (χ2n) is 8.37. The van der Waals surface area contributed by atoms with Crippen LogP contribution in [0, 0.1) is 12.7 Å². The predicted molar refractivity (Wildman–Crippen MR) is 122 cm³/mol. The lowest BCUT2D eigenvalue weighted by Gasteiger charge is -2.32. The Labute approximate surface area is 206 Å². The summed E-state index contributed by atoms with van der Waals surface area (Å²) in [7, 11) is 0. The Morgan fingerprint density at radius 3 is 2.08 bits per heavy atom. The molecule has 36 heavy (non-hydrogen) atoms. The number of aryl methyl sites for hydroxylation is 1. The van der Waals surface area contributed by atoms with Gasteiger partial charge in [-0.25, -0.2) is 4.39 Å². The van der Waals surface area contributed by atoms with Gasteiger partial charge in [-0.15, -0.1) is 0 Å². The molecule has 3 aromatic rings. The minimum atomic E-state index is -6.07. The predicted octanol–water partition coefficient (Wildman–Crippen LogP) is 7.62. The Balaban J connectivity index is 1.79. The number of halogens is 8. The van der Waals surface area contributed by atoms with Crippen LogP contribution >= 0.6 is 11.6 Å². The van der Waals surface area contributed by atoms with Gasteiger partial charge in [0.2, 0.25) is 0 Å². The van der Waals surface area contributed by atoms with E-state index in [0.717, 1.165) is 5.01 Å². The first kappa shape index (κ1) is 26.0. The van der Waals surface area contributed by atoms with Crippen molar-refractivity contribution in [3.63, 3.8) is 0 Å². The third-order valence-corrected chi connectivity index (χ3v) is 6.30. The largest absolute Gasteiger partial charge is 0.431 e. The lowest BCUT2D eigenvalue weighted by molar-refractivity contribution is -0.338. The van der Waals surface area contributed by atoms with Crippen LogP contribution in [-0.2, 0) is 0 Å². The van der Waals surface area contributed by atoms with Crippen LogP contribution in [0.1, 0.15) is 23.6 Å². The van der Waals surface area contributed by atoms with Gasteiger partial charge in [-0.1, -0.05) is 60.1 Å². The molecule has 11 heteroatoms. The van der Waals surface area contributed by atoms with E-state index in [9.17, 15) is 35.8 Å². The van der Waals surface area contributed by atoms with Crippen LogP contribution in [-0.4, -0.2) is 28.8 Å². The smallest absolute Gasteiger partial charge is 0.369 e. The lowest BCUT2D eigenvalue weighted by atomic mass is 9.89. The number of aliphatic hydroxyl groups is 1. The van der Waals surface area contributed by atoms with E-state index in [0.29, 0.717) is 11.1 Å². The molecule has 0 fully saturated rings. The Hall–Kier alpha value is -3.11.